The van der Waals surface area contributed by atoms with Crippen molar-refractivity contribution < 1.29 is 27.9 Å². The predicted octanol–water partition coefficient (Wildman–Crippen LogP) is 2.82. The molecule has 5 nitrogen and oxygen atoms in total. The molecule has 0 fully saturated rings. The Morgan fingerprint density at radius 2 is 1.91 bits per heavy atom. The van der Waals surface area contributed by atoms with E-state index >= 15 is 0 Å². The Balaban J connectivity index is 2.14. The van der Waals surface area contributed by atoms with Crippen LogP contribution in [0.2, 0.25) is 0 Å². The molecule has 0 radical (unpaired) electrons. The second kappa shape index (κ2) is 6.76. The molecule has 2 rings (SSSR count). The molecule has 1 aromatic carbocycles. The number of carbonyl (C=O) groups is 2. The standard InChI is InChI=1S/C16H17F2NO4/c1-8-3-11-10(7-23-13(11)4-9(8)2)5-15(20)19-12(16(21)22)6-14(17)18/h3-4,7,12,14H,5-6H2,1-2H3,(H,19,20)(H,21,22). The van der Waals surface area contributed by atoms with E-state index in [1.165, 1.54) is 6.26 Å². The molecule has 7 heteroatoms. The summed E-state index contributed by atoms with van der Waals surface area (Å²) in [6.07, 6.45) is -2.45. The zero-order chi connectivity index (χ0) is 17.1. The Kier molecular flexibility index (Phi) is 4.98. The van der Waals surface area contributed by atoms with Gasteiger partial charge in [-0.05, 0) is 37.1 Å². The van der Waals surface area contributed by atoms with Gasteiger partial charge in [0.15, 0.2) is 0 Å². The van der Waals surface area contributed by atoms with Crippen molar-refractivity contribution in [1.82, 2.24) is 5.32 Å². The third kappa shape index (κ3) is 4.06. The predicted molar refractivity (Wildman–Crippen MR) is 79.6 cm³/mol. The highest BCUT2D eigenvalue weighted by atomic mass is 19.3. The smallest absolute Gasteiger partial charge is 0.326 e. The topological polar surface area (TPSA) is 79.5 Å². The van der Waals surface area contributed by atoms with E-state index in [9.17, 15) is 18.4 Å². The van der Waals surface area contributed by atoms with Crippen LogP contribution in [0.3, 0.4) is 0 Å². The van der Waals surface area contributed by atoms with E-state index in [2.05, 4.69) is 5.32 Å². The zero-order valence-electron chi connectivity index (χ0n) is 12.7. The number of nitrogens with one attached hydrogen (secondary N) is 1. The van der Waals surface area contributed by atoms with Gasteiger partial charge in [-0.1, -0.05) is 0 Å². The van der Waals surface area contributed by atoms with E-state index in [4.69, 9.17) is 9.52 Å². The van der Waals surface area contributed by atoms with E-state index < -0.39 is 30.8 Å². The largest absolute Gasteiger partial charge is 0.480 e. The van der Waals surface area contributed by atoms with Gasteiger partial charge in [-0.25, -0.2) is 13.6 Å². The summed E-state index contributed by atoms with van der Waals surface area (Å²) in [5.74, 6) is -2.12. The van der Waals surface area contributed by atoms with Crippen LogP contribution < -0.4 is 5.32 Å². The first-order chi connectivity index (χ1) is 10.8. The number of hydrogen-bond acceptors (Lipinski definition) is 3. The quantitative estimate of drug-likeness (QED) is 0.856. The van der Waals surface area contributed by atoms with Gasteiger partial charge in [0.2, 0.25) is 12.3 Å². The average molecular weight is 325 g/mol. The molecule has 1 atom stereocenters. The first kappa shape index (κ1) is 16.9. The van der Waals surface area contributed by atoms with Gasteiger partial charge in [0.05, 0.1) is 12.7 Å². The molecule has 0 bridgehead atoms. The van der Waals surface area contributed by atoms with Crippen molar-refractivity contribution in [2.24, 2.45) is 0 Å². The number of furan rings is 1. The molecular weight excluding hydrogens is 308 g/mol. The zero-order valence-corrected chi connectivity index (χ0v) is 12.7. The molecular formula is C16H17F2NO4. The summed E-state index contributed by atoms with van der Waals surface area (Å²) in [5, 5.41) is 11.7. The Morgan fingerprint density at radius 1 is 1.26 bits per heavy atom. The molecule has 2 aromatic rings. The molecule has 0 saturated carbocycles. The van der Waals surface area contributed by atoms with E-state index in [0.29, 0.717) is 11.1 Å². The minimum atomic E-state index is -2.81. The monoisotopic (exact) mass is 325 g/mol. The fraction of sp³-hybridized carbons (Fsp3) is 0.375. The average Bonchev–Trinajstić information content (AvgIpc) is 2.80. The van der Waals surface area contributed by atoms with Crippen molar-refractivity contribution >= 4 is 22.8 Å². The third-order valence-electron chi connectivity index (χ3n) is 3.67. The van der Waals surface area contributed by atoms with Crippen LogP contribution in [0.1, 0.15) is 23.1 Å². The van der Waals surface area contributed by atoms with Gasteiger partial charge >= 0.3 is 5.97 Å². The molecule has 1 amide bonds. The number of carboxylic acids is 1. The van der Waals surface area contributed by atoms with Gasteiger partial charge in [-0.3, -0.25) is 4.79 Å². The highest BCUT2D eigenvalue weighted by Crippen LogP contribution is 2.25. The third-order valence-corrected chi connectivity index (χ3v) is 3.67. The maximum Gasteiger partial charge on any atom is 0.326 e. The normalized spacial score (nSPS) is 12.6. The number of rotatable bonds is 6. The van der Waals surface area contributed by atoms with Crippen LogP contribution in [-0.2, 0) is 16.0 Å². The number of hydrogen-bond donors (Lipinski definition) is 2. The molecule has 23 heavy (non-hydrogen) atoms. The Hall–Kier alpha value is -2.44. The number of amides is 1. The molecule has 1 unspecified atom stereocenters. The summed E-state index contributed by atoms with van der Waals surface area (Å²) in [4.78, 5) is 22.8. The first-order valence-corrected chi connectivity index (χ1v) is 7.05. The van der Waals surface area contributed by atoms with Crippen molar-refractivity contribution in [3.05, 3.63) is 35.1 Å². The Morgan fingerprint density at radius 3 is 2.52 bits per heavy atom. The molecule has 2 N–H and O–H groups in total. The van der Waals surface area contributed by atoms with E-state index in [1.807, 2.05) is 26.0 Å². The number of benzene rings is 1. The van der Waals surface area contributed by atoms with E-state index in [1.54, 1.807) is 0 Å². The maximum absolute atomic E-state index is 12.3. The van der Waals surface area contributed by atoms with E-state index in [0.717, 1.165) is 16.5 Å². The number of carboxylic acid groups (broad SMARTS) is 1. The van der Waals surface area contributed by atoms with Crippen molar-refractivity contribution in [3.63, 3.8) is 0 Å². The van der Waals surface area contributed by atoms with Crippen LogP contribution in [0.5, 0.6) is 0 Å². The van der Waals surface area contributed by atoms with Crippen molar-refractivity contribution in [2.75, 3.05) is 0 Å². The summed E-state index contributed by atoms with van der Waals surface area (Å²) >= 11 is 0. The van der Waals surface area contributed by atoms with Gasteiger partial charge in [0.25, 0.3) is 0 Å². The number of aryl methyl sites for hydroxylation is 2. The fourth-order valence-corrected chi connectivity index (χ4v) is 2.29. The SMILES string of the molecule is Cc1cc2occ(CC(=O)NC(CC(F)F)C(=O)O)c2cc1C. The summed E-state index contributed by atoms with van der Waals surface area (Å²) in [7, 11) is 0. The maximum atomic E-state index is 12.3. The van der Waals surface area contributed by atoms with Crippen molar-refractivity contribution in [2.45, 2.75) is 39.2 Å². The van der Waals surface area contributed by atoms with Crippen molar-refractivity contribution in [3.8, 4) is 0 Å². The second-order valence-electron chi connectivity index (χ2n) is 5.46. The molecule has 0 saturated heterocycles. The van der Waals surface area contributed by atoms with Gasteiger partial charge in [0.1, 0.15) is 11.6 Å². The summed E-state index contributed by atoms with van der Waals surface area (Å²) < 4.78 is 30.1. The van der Waals surface area contributed by atoms with Crippen LogP contribution in [-0.4, -0.2) is 29.5 Å². The van der Waals surface area contributed by atoms with Crippen LogP contribution in [0, 0.1) is 13.8 Å². The summed E-state index contributed by atoms with van der Waals surface area (Å²) in [6.45, 7) is 3.86. The minimum Gasteiger partial charge on any atom is -0.480 e. The Bertz CT molecular complexity index is 739. The molecule has 0 aliphatic rings. The lowest BCUT2D eigenvalue weighted by Crippen LogP contribution is -2.42. The van der Waals surface area contributed by atoms with Gasteiger partial charge < -0.3 is 14.8 Å². The second-order valence-corrected chi connectivity index (χ2v) is 5.46. The van der Waals surface area contributed by atoms with Crippen LogP contribution >= 0.6 is 0 Å². The Labute approximate surface area is 131 Å². The molecule has 1 heterocycles. The van der Waals surface area contributed by atoms with Crippen LogP contribution in [0.25, 0.3) is 11.0 Å². The van der Waals surface area contributed by atoms with Gasteiger partial charge in [-0.2, -0.15) is 0 Å². The molecule has 124 valence electrons. The number of alkyl halides is 2. The summed E-state index contributed by atoms with van der Waals surface area (Å²) in [5.41, 5.74) is 3.28. The number of halogens is 2. The fourth-order valence-electron chi connectivity index (χ4n) is 2.29. The lowest BCUT2D eigenvalue weighted by molar-refractivity contribution is -0.142. The van der Waals surface area contributed by atoms with Gasteiger partial charge in [0, 0.05) is 17.4 Å². The number of aliphatic carboxylic acids is 1. The summed E-state index contributed by atoms with van der Waals surface area (Å²) in [6, 6.07) is 2.12. The highest BCUT2D eigenvalue weighted by Gasteiger charge is 2.24. The molecule has 0 aliphatic heterocycles. The number of fused-ring (bicyclic) bond motifs is 1. The van der Waals surface area contributed by atoms with Gasteiger partial charge in [-0.15, -0.1) is 0 Å². The highest BCUT2D eigenvalue weighted by molar-refractivity contribution is 5.90. The lowest BCUT2D eigenvalue weighted by Gasteiger charge is -2.13. The molecule has 0 spiro atoms. The molecule has 1 aromatic heterocycles. The lowest BCUT2D eigenvalue weighted by atomic mass is 10.0. The van der Waals surface area contributed by atoms with Crippen LogP contribution in [0.15, 0.2) is 22.8 Å². The molecule has 0 aliphatic carbocycles. The minimum absolute atomic E-state index is 0.136. The van der Waals surface area contributed by atoms with Crippen LogP contribution in [0.4, 0.5) is 8.78 Å². The number of carbonyl (C=O) groups excluding carboxylic acids is 1. The first-order valence-electron chi connectivity index (χ1n) is 7.05. The van der Waals surface area contributed by atoms with Crippen molar-refractivity contribution in [1.29, 1.82) is 0 Å². The van der Waals surface area contributed by atoms with E-state index in [-0.39, 0.29) is 6.42 Å².